The van der Waals surface area contributed by atoms with Crippen molar-refractivity contribution < 1.29 is 19.8 Å². The predicted molar refractivity (Wildman–Crippen MR) is 41.6 cm³/mol. The second-order valence-corrected chi connectivity index (χ2v) is 2.16. The van der Waals surface area contributed by atoms with E-state index >= 15 is 0 Å². The smallest absolute Gasteiger partial charge is 0.126 e. The molecule has 1 atom stereocenters. The normalized spacial score (nSPS) is 13.2. The number of nitrogens with two attached hydrogens (primary N) is 1. The Morgan fingerprint density at radius 1 is 1.25 bits per heavy atom. The van der Waals surface area contributed by atoms with Crippen LogP contribution in [0.2, 0.25) is 0 Å². The maximum absolute atomic E-state index is 8.56. The first kappa shape index (κ1) is 11.8. The van der Waals surface area contributed by atoms with Crippen molar-refractivity contribution >= 4 is 0 Å². The summed E-state index contributed by atoms with van der Waals surface area (Å²) in [5.74, 6) is 0. The van der Waals surface area contributed by atoms with E-state index in [9.17, 15) is 0 Å². The van der Waals surface area contributed by atoms with Gasteiger partial charge in [0.2, 0.25) is 0 Å². The van der Waals surface area contributed by atoms with Gasteiger partial charge in [-0.25, -0.2) is 5.48 Å². The van der Waals surface area contributed by atoms with E-state index in [1.54, 1.807) is 0 Å². The van der Waals surface area contributed by atoms with Crippen LogP contribution in [0, 0.1) is 0 Å². The molecule has 0 aliphatic carbocycles. The van der Waals surface area contributed by atoms with Crippen LogP contribution in [-0.4, -0.2) is 49.5 Å². The molecule has 0 amide bonds. The van der Waals surface area contributed by atoms with Crippen molar-refractivity contribution in [2.45, 2.75) is 6.23 Å². The fourth-order valence-corrected chi connectivity index (χ4v) is 0.542. The molecule has 12 heavy (non-hydrogen) atoms. The maximum Gasteiger partial charge on any atom is 0.126 e. The van der Waals surface area contributed by atoms with Crippen LogP contribution in [0.1, 0.15) is 0 Å². The van der Waals surface area contributed by atoms with Gasteiger partial charge in [-0.1, -0.05) is 0 Å². The Labute approximate surface area is 71.2 Å². The zero-order valence-electron chi connectivity index (χ0n) is 6.90. The molecule has 0 fully saturated rings. The fraction of sp³-hybridized carbons (Fsp3) is 1.00. The van der Waals surface area contributed by atoms with Crippen LogP contribution in [0.3, 0.4) is 0 Å². The Hall–Kier alpha value is -0.240. The molecule has 0 spiro atoms. The summed E-state index contributed by atoms with van der Waals surface area (Å²) in [7, 11) is 0. The molecule has 0 saturated heterocycles. The first-order chi connectivity index (χ1) is 5.77. The van der Waals surface area contributed by atoms with Gasteiger partial charge in [0.25, 0.3) is 0 Å². The van der Waals surface area contributed by atoms with E-state index in [4.69, 9.17) is 25.5 Å². The average molecular weight is 180 g/mol. The van der Waals surface area contributed by atoms with E-state index in [1.165, 1.54) is 0 Å². The van der Waals surface area contributed by atoms with Crippen LogP contribution in [-0.2, 0) is 9.47 Å². The monoisotopic (exact) mass is 180 g/mol. The molecule has 6 nitrogen and oxygen atoms in total. The molecule has 0 radical (unpaired) electrons. The Balaban J connectivity index is 2.82. The Morgan fingerprint density at radius 2 is 1.92 bits per heavy atom. The van der Waals surface area contributed by atoms with Crippen molar-refractivity contribution in [3.8, 4) is 0 Å². The molecule has 5 N–H and O–H groups in total. The molecule has 0 aromatic rings. The van der Waals surface area contributed by atoms with Gasteiger partial charge in [0.1, 0.15) is 6.23 Å². The molecule has 0 aromatic carbocycles. The maximum atomic E-state index is 8.56. The predicted octanol–water partition coefficient (Wildman–Crippen LogP) is -1.72. The van der Waals surface area contributed by atoms with Crippen LogP contribution >= 0.6 is 0 Å². The zero-order chi connectivity index (χ0) is 9.23. The number of nitrogens with one attached hydrogen (secondary N) is 1. The minimum atomic E-state index is -0.927. The summed E-state index contributed by atoms with van der Waals surface area (Å²) in [6, 6.07) is 0. The summed E-state index contributed by atoms with van der Waals surface area (Å²) in [4.78, 5) is 0. The zero-order valence-corrected chi connectivity index (χ0v) is 6.90. The van der Waals surface area contributed by atoms with E-state index in [1.807, 2.05) is 5.48 Å². The minimum absolute atomic E-state index is 0.113. The van der Waals surface area contributed by atoms with Gasteiger partial charge in [0.05, 0.1) is 26.4 Å². The molecular formula is C6H16N2O4. The second kappa shape index (κ2) is 8.85. The van der Waals surface area contributed by atoms with Crippen LogP contribution in [0.5, 0.6) is 0 Å². The Kier molecular flexibility index (Phi) is 8.68. The SMILES string of the molecule is NC(O)COCCOCCNO. The molecule has 0 aliphatic heterocycles. The quantitative estimate of drug-likeness (QED) is 0.201. The van der Waals surface area contributed by atoms with Gasteiger partial charge in [-0.15, -0.1) is 0 Å². The number of hydrogen-bond acceptors (Lipinski definition) is 6. The van der Waals surface area contributed by atoms with E-state index < -0.39 is 6.23 Å². The summed E-state index contributed by atoms with van der Waals surface area (Å²) in [5.41, 5.74) is 6.95. The highest BCUT2D eigenvalue weighted by molar-refractivity contribution is 4.39. The lowest BCUT2D eigenvalue weighted by atomic mass is 10.6. The molecule has 1 unspecified atom stereocenters. The van der Waals surface area contributed by atoms with Gasteiger partial charge >= 0.3 is 0 Å². The van der Waals surface area contributed by atoms with Crippen LogP contribution in [0.4, 0.5) is 0 Å². The van der Waals surface area contributed by atoms with E-state index in [2.05, 4.69) is 0 Å². The minimum Gasteiger partial charge on any atom is -0.378 e. The summed E-state index contributed by atoms with van der Waals surface area (Å²) in [5, 5.41) is 16.7. The summed E-state index contributed by atoms with van der Waals surface area (Å²) < 4.78 is 9.88. The highest BCUT2D eigenvalue weighted by Gasteiger charge is 1.94. The van der Waals surface area contributed by atoms with Crippen LogP contribution < -0.4 is 11.2 Å². The van der Waals surface area contributed by atoms with Gasteiger partial charge in [0, 0.05) is 6.54 Å². The number of ether oxygens (including phenoxy) is 2. The molecule has 0 saturated carbocycles. The topological polar surface area (TPSA) is 97.0 Å². The molecule has 0 aromatic heterocycles. The third kappa shape index (κ3) is 9.76. The molecule has 0 rings (SSSR count). The lowest BCUT2D eigenvalue weighted by Crippen LogP contribution is -2.26. The summed E-state index contributed by atoms with van der Waals surface area (Å²) in [6.45, 7) is 1.74. The highest BCUT2D eigenvalue weighted by Crippen LogP contribution is 1.79. The van der Waals surface area contributed by atoms with Gasteiger partial charge < -0.3 is 25.5 Å². The summed E-state index contributed by atoms with van der Waals surface area (Å²) >= 11 is 0. The lowest BCUT2D eigenvalue weighted by molar-refractivity contribution is 0.00244. The van der Waals surface area contributed by atoms with Crippen molar-refractivity contribution in [2.24, 2.45) is 5.73 Å². The fourth-order valence-electron chi connectivity index (χ4n) is 0.542. The largest absolute Gasteiger partial charge is 0.378 e. The molecule has 74 valence electrons. The van der Waals surface area contributed by atoms with Gasteiger partial charge in [-0.3, -0.25) is 0 Å². The first-order valence-electron chi connectivity index (χ1n) is 3.73. The number of rotatable bonds is 8. The van der Waals surface area contributed by atoms with Crippen LogP contribution in [0.25, 0.3) is 0 Å². The molecule has 0 aliphatic rings. The Bertz CT molecular complexity index is 91.6. The number of hydroxylamine groups is 1. The van der Waals surface area contributed by atoms with Crippen molar-refractivity contribution in [1.29, 1.82) is 0 Å². The van der Waals surface area contributed by atoms with Crippen molar-refractivity contribution in [2.75, 3.05) is 33.0 Å². The molecular weight excluding hydrogens is 164 g/mol. The summed E-state index contributed by atoms with van der Waals surface area (Å²) in [6.07, 6.45) is -0.927. The van der Waals surface area contributed by atoms with Gasteiger partial charge in [0.15, 0.2) is 0 Å². The standard InChI is InChI=1S/C6H16N2O4/c7-6(9)5-12-4-3-11-2-1-8-10/h6,8-10H,1-5,7H2. The highest BCUT2D eigenvalue weighted by atomic mass is 16.5. The first-order valence-corrected chi connectivity index (χ1v) is 3.73. The Morgan fingerprint density at radius 3 is 2.50 bits per heavy atom. The van der Waals surface area contributed by atoms with E-state index in [0.717, 1.165) is 0 Å². The van der Waals surface area contributed by atoms with Crippen molar-refractivity contribution in [1.82, 2.24) is 5.48 Å². The number of hydrogen-bond donors (Lipinski definition) is 4. The number of aliphatic hydroxyl groups excluding tert-OH is 1. The third-order valence-electron chi connectivity index (χ3n) is 1.02. The molecule has 0 heterocycles. The lowest BCUT2D eigenvalue weighted by Gasteiger charge is -2.06. The van der Waals surface area contributed by atoms with Gasteiger partial charge in [-0.05, 0) is 0 Å². The molecule has 6 heteroatoms. The second-order valence-electron chi connectivity index (χ2n) is 2.16. The van der Waals surface area contributed by atoms with Crippen molar-refractivity contribution in [3.63, 3.8) is 0 Å². The average Bonchev–Trinajstić information content (AvgIpc) is 2.02. The van der Waals surface area contributed by atoms with Crippen LogP contribution in [0.15, 0.2) is 0 Å². The van der Waals surface area contributed by atoms with E-state index in [-0.39, 0.29) is 6.61 Å². The number of aliphatic hydroxyl groups is 1. The van der Waals surface area contributed by atoms with E-state index in [0.29, 0.717) is 26.4 Å². The molecule has 0 bridgehead atoms. The van der Waals surface area contributed by atoms with Crippen molar-refractivity contribution in [3.05, 3.63) is 0 Å². The third-order valence-corrected chi connectivity index (χ3v) is 1.02. The van der Waals surface area contributed by atoms with Gasteiger partial charge in [-0.2, -0.15) is 0 Å².